The first kappa shape index (κ1) is 15.5. The Hall–Kier alpha value is -1.37. The van der Waals surface area contributed by atoms with Crippen LogP contribution in [0.25, 0.3) is 0 Å². The molecular formula is C15H23N3O3S. The normalized spacial score (nSPS) is 23.8. The van der Waals surface area contributed by atoms with Gasteiger partial charge < -0.3 is 4.90 Å². The van der Waals surface area contributed by atoms with E-state index in [0.29, 0.717) is 25.9 Å². The van der Waals surface area contributed by atoms with Crippen LogP contribution in [0, 0.1) is 0 Å². The lowest BCUT2D eigenvalue weighted by Gasteiger charge is -2.33. The molecule has 122 valence electrons. The first-order chi connectivity index (χ1) is 10.6. The summed E-state index contributed by atoms with van der Waals surface area (Å²) in [6.45, 7) is 1.21. The van der Waals surface area contributed by atoms with Gasteiger partial charge in [-0.15, -0.1) is 0 Å². The number of sulfone groups is 1. The van der Waals surface area contributed by atoms with Crippen molar-refractivity contribution < 1.29 is 13.2 Å². The zero-order valence-electron chi connectivity index (χ0n) is 12.7. The predicted octanol–water partition coefficient (Wildman–Crippen LogP) is 1.40. The first-order valence-corrected chi connectivity index (χ1v) is 9.76. The summed E-state index contributed by atoms with van der Waals surface area (Å²) in [7, 11) is -3.29. The van der Waals surface area contributed by atoms with Gasteiger partial charge in [-0.1, -0.05) is 12.8 Å². The molecular weight excluding hydrogens is 302 g/mol. The zero-order chi connectivity index (χ0) is 15.6. The largest absolute Gasteiger partial charge is 0.340 e. The van der Waals surface area contributed by atoms with Crippen molar-refractivity contribution in [3.05, 3.63) is 18.5 Å². The number of carbonyl (C=O) groups is 1. The van der Waals surface area contributed by atoms with Crippen LogP contribution in [0.3, 0.4) is 0 Å². The number of nitrogens with zero attached hydrogens (tertiary/aromatic N) is 3. The number of piperidine rings is 1. The predicted molar refractivity (Wildman–Crippen MR) is 83.1 cm³/mol. The van der Waals surface area contributed by atoms with Crippen molar-refractivity contribution in [3.63, 3.8) is 0 Å². The molecule has 1 aliphatic heterocycles. The highest BCUT2D eigenvalue weighted by Gasteiger charge is 2.33. The number of rotatable bonds is 4. The fourth-order valence-corrected chi connectivity index (χ4v) is 5.34. The van der Waals surface area contributed by atoms with E-state index in [1.165, 1.54) is 0 Å². The van der Waals surface area contributed by atoms with Crippen molar-refractivity contribution in [2.45, 2.75) is 49.8 Å². The van der Waals surface area contributed by atoms with Crippen LogP contribution in [0.2, 0.25) is 0 Å². The average Bonchev–Trinajstić information content (AvgIpc) is 3.20. The molecule has 0 bridgehead atoms. The van der Waals surface area contributed by atoms with Gasteiger partial charge in [0.15, 0.2) is 9.84 Å². The van der Waals surface area contributed by atoms with E-state index in [4.69, 9.17) is 0 Å². The number of aromatic nitrogens is 2. The summed E-state index contributed by atoms with van der Waals surface area (Å²) < 4.78 is 26.5. The molecule has 2 heterocycles. The number of hydrogen-bond acceptors (Lipinski definition) is 4. The molecule has 7 heteroatoms. The standard InChI is InChI=1S/C15H23N3O3S/c19-15(12-22(20,21)14-6-1-2-7-14)17-9-3-5-13(11-17)18-10-4-8-16-18/h4,8,10,13-14H,1-3,5-7,9,11-12H2/t13-/m0/s1. The van der Waals surface area contributed by atoms with Gasteiger partial charge in [-0.25, -0.2) is 8.42 Å². The molecule has 1 aromatic rings. The number of carbonyl (C=O) groups excluding carboxylic acids is 1. The van der Waals surface area contributed by atoms with Crippen LogP contribution >= 0.6 is 0 Å². The quantitative estimate of drug-likeness (QED) is 0.839. The van der Waals surface area contributed by atoms with Crippen LogP contribution in [0.15, 0.2) is 18.5 Å². The Labute approximate surface area is 131 Å². The van der Waals surface area contributed by atoms with Gasteiger partial charge in [0.25, 0.3) is 0 Å². The van der Waals surface area contributed by atoms with Crippen molar-refractivity contribution in [2.24, 2.45) is 0 Å². The van der Waals surface area contributed by atoms with E-state index in [0.717, 1.165) is 25.7 Å². The van der Waals surface area contributed by atoms with Crippen LogP contribution in [0.1, 0.15) is 44.6 Å². The second kappa shape index (κ2) is 6.40. The third kappa shape index (κ3) is 3.34. The highest BCUT2D eigenvalue weighted by atomic mass is 32.2. The molecule has 6 nitrogen and oxygen atoms in total. The first-order valence-electron chi connectivity index (χ1n) is 8.05. The van der Waals surface area contributed by atoms with E-state index in [1.807, 2.05) is 16.9 Å². The minimum atomic E-state index is -3.29. The lowest BCUT2D eigenvalue weighted by Crippen LogP contribution is -2.44. The highest BCUT2D eigenvalue weighted by molar-refractivity contribution is 7.92. The van der Waals surface area contributed by atoms with Gasteiger partial charge in [-0.3, -0.25) is 9.48 Å². The topological polar surface area (TPSA) is 72.3 Å². The molecule has 0 radical (unpaired) electrons. The van der Waals surface area contributed by atoms with Crippen LogP contribution < -0.4 is 0 Å². The van der Waals surface area contributed by atoms with Crippen LogP contribution in [-0.2, 0) is 14.6 Å². The third-order valence-corrected chi connectivity index (χ3v) is 6.92. The second-order valence-corrected chi connectivity index (χ2v) is 8.62. The Morgan fingerprint density at radius 3 is 2.64 bits per heavy atom. The van der Waals surface area contributed by atoms with E-state index in [-0.39, 0.29) is 23.0 Å². The zero-order valence-corrected chi connectivity index (χ0v) is 13.5. The van der Waals surface area contributed by atoms with Gasteiger partial charge in [-0.2, -0.15) is 5.10 Å². The summed E-state index contributed by atoms with van der Waals surface area (Å²) in [6.07, 6.45) is 8.84. The SMILES string of the molecule is O=C(CS(=O)(=O)C1CCCC1)N1CCC[C@H](n2cccn2)C1. The van der Waals surface area contributed by atoms with Crippen molar-refractivity contribution in [3.8, 4) is 0 Å². The van der Waals surface area contributed by atoms with Gasteiger partial charge in [0.1, 0.15) is 5.75 Å². The van der Waals surface area contributed by atoms with Gasteiger partial charge in [0, 0.05) is 25.5 Å². The van der Waals surface area contributed by atoms with Crippen LogP contribution in [0.5, 0.6) is 0 Å². The van der Waals surface area contributed by atoms with Gasteiger partial charge in [0.2, 0.25) is 5.91 Å². The molecule has 0 spiro atoms. The Morgan fingerprint density at radius 1 is 1.18 bits per heavy atom. The van der Waals surface area contributed by atoms with Gasteiger partial charge in [-0.05, 0) is 31.7 Å². The summed E-state index contributed by atoms with van der Waals surface area (Å²) in [4.78, 5) is 14.1. The Morgan fingerprint density at radius 2 is 1.95 bits per heavy atom. The Kier molecular flexibility index (Phi) is 4.52. The molecule has 1 saturated heterocycles. The third-order valence-electron chi connectivity index (χ3n) is 4.78. The minimum Gasteiger partial charge on any atom is -0.340 e. The maximum Gasteiger partial charge on any atom is 0.237 e. The smallest absolute Gasteiger partial charge is 0.237 e. The van der Waals surface area contributed by atoms with E-state index < -0.39 is 9.84 Å². The summed E-state index contributed by atoms with van der Waals surface area (Å²) in [5.41, 5.74) is 0. The summed E-state index contributed by atoms with van der Waals surface area (Å²) in [6, 6.07) is 2.02. The Balaban J connectivity index is 1.62. The molecule has 1 amide bonds. The molecule has 1 aliphatic carbocycles. The molecule has 0 unspecified atom stereocenters. The van der Waals surface area contributed by atoms with Crippen LogP contribution in [-0.4, -0.2) is 53.1 Å². The van der Waals surface area contributed by atoms with Crippen molar-refractivity contribution in [1.29, 1.82) is 0 Å². The molecule has 1 atom stereocenters. The van der Waals surface area contributed by atoms with Crippen molar-refractivity contribution in [1.82, 2.24) is 14.7 Å². The van der Waals surface area contributed by atoms with Gasteiger partial charge in [0.05, 0.1) is 11.3 Å². The monoisotopic (exact) mass is 325 g/mol. The molecule has 3 rings (SSSR count). The van der Waals surface area contributed by atoms with E-state index >= 15 is 0 Å². The van der Waals surface area contributed by atoms with Gasteiger partial charge >= 0.3 is 0 Å². The minimum absolute atomic E-state index is 0.155. The average molecular weight is 325 g/mol. The molecule has 0 N–H and O–H groups in total. The fourth-order valence-electron chi connectivity index (χ4n) is 3.52. The number of likely N-dealkylation sites (tertiary alicyclic amines) is 1. The number of amides is 1. The Bertz CT molecular complexity index is 606. The number of hydrogen-bond donors (Lipinski definition) is 0. The summed E-state index contributed by atoms with van der Waals surface area (Å²) in [5.74, 6) is -0.576. The molecule has 2 aliphatic rings. The molecule has 0 aromatic carbocycles. The molecule has 22 heavy (non-hydrogen) atoms. The maximum atomic E-state index is 12.4. The lowest BCUT2D eigenvalue weighted by atomic mass is 10.1. The molecule has 1 saturated carbocycles. The van der Waals surface area contributed by atoms with E-state index in [9.17, 15) is 13.2 Å². The van der Waals surface area contributed by atoms with E-state index in [2.05, 4.69) is 5.10 Å². The molecule has 1 aromatic heterocycles. The van der Waals surface area contributed by atoms with Crippen molar-refractivity contribution in [2.75, 3.05) is 18.8 Å². The fraction of sp³-hybridized carbons (Fsp3) is 0.733. The summed E-state index contributed by atoms with van der Waals surface area (Å²) >= 11 is 0. The van der Waals surface area contributed by atoms with Crippen LogP contribution in [0.4, 0.5) is 0 Å². The molecule has 2 fully saturated rings. The van der Waals surface area contributed by atoms with E-state index in [1.54, 1.807) is 11.1 Å². The maximum absolute atomic E-state index is 12.4. The second-order valence-electron chi connectivity index (χ2n) is 6.34. The van der Waals surface area contributed by atoms with Crippen molar-refractivity contribution >= 4 is 15.7 Å². The lowest BCUT2D eigenvalue weighted by molar-refractivity contribution is -0.130. The highest BCUT2D eigenvalue weighted by Crippen LogP contribution is 2.26. The summed E-state index contributed by atoms with van der Waals surface area (Å²) in [5, 5.41) is 3.93.